The van der Waals surface area contributed by atoms with E-state index in [4.69, 9.17) is 18.4 Å². The highest BCUT2D eigenvalue weighted by Gasteiger charge is 2.67. The zero-order chi connectivity index (χ0) is 29.6. The van der Waals surface area contributed by atoms with Crippen molar-refractivity contribution in [1.29, 1.82) is 0 Å². The molecule has 0 saturated heterocycles. The van der Waals surface area contributed by atoms with Crippen LogP contribution in [0, 0.1) is 46.3 Å². The fourth-order valence-corrected chi connectivity index (χ4v) is 10.3. The number of fused-ring (bicyclic) bond motifs is 5. The van der Waals surface area contributed by atoms with Crippen molar-refractivity contribution in [1.82, 2.24) is 0 Å². The number of ether oxygens (including phenoxy) is 3. The molecule has 4 aliphatic rings. The van der Waals surface area contributed by atoms with E-state index < -0.39 is 21.9 Å². The predicted octanol–water partition coefficient (Wildman–Crippen LogP) is 4.51. The summed E-state index contributed by atoms with van der Waals surface area (Å²) in [6.45, 7) is 9.21. The Bertz CT molecular complexity index is 1090. The van der Waals surface area contributed by atoms with Crippen LogP contribution >= 0.6 is 0 Å². The van der Waals surface area contributed by atoms with Gasteiger partial charge in [-0.1, -0.05) is 20.8 Å². The van der Waals surface area contributed by atoms with Crippen molar-refractivity contribution in [3.8, 4) is 0 Å². The van der Waals surface area contributed by atoms with Gasteiger partial charge >= 0.3 is 28.3 Å². The Morgan fingerprint density at radius 2 is 1.65 bits per heavy atom. The Kier molecular flexibility index (Phi) is 8.99. The third-order valence-corrected chi connectivity index (χ3v) is 11.8. The van der Waals surface area contributed by atoms with Gasteiger partial charge in [-0.3, -0.25) is 18.9 Å². The molecule has 0 aromatic carbocycles. The van der Waals surface area contributed by atoms with E-state index in [2.05, 4.69) is 20.8 Å². The van der Waals surface area contributed by atoms with E-state index in [1.807, 2.05) is 0 Å². The minimum Gasteiger partial charge on any atom is -0.469 e. The van der Waals surface area contributed by atoms with Crippen molar-refractivity contribution in [2.75, 3.05) is 7.11 Å². The number of methoxy groups -OCH3 is 1. The summed E-state index contributed by atoms with van der Waals surface area (Å²) in [5.74, 6) is -0.728. The lowest BCUT2D eigenvalue weighted by atomic mass is 9.43. The minimum atomic E-state index is -4.74. The second-order valence-electron chi connectivity index (χ2n) is 13.3. The zero-order valence-electron chi connectivity index (χ0n) is 24.6. The summed E-state index contributed by atoms with van der Waals surface area (Å²) in [6, 6.07) is 0. The van der Waals surface area contributed by atoms with E-state index >= 15 is 0 Å². The van der Waals surface area contributed by atoms with Crippen LogP contribution in [0.25, 0.3) is 0 Å². The first kappa shape index (κ1) is 31.2. The molecule has 10 nitrogen and oxygen atoms in total. The number of esters is 3. The smallest absolute Gasteiger partial charge is 0.397 e. The third kappa shape index (κ3) is 5.93. The summed E-state index contributed by atoms with van der Waals surface area (Å²) in [5, 5.41) is 0. The van der Waals surface area contributed by atoms with E-state index in [9.17, 15) is 27.4 Å². The molecule has 0 bridgehead atoms. The quantitative estimate of drug-likeness (QED) is 0.245. The Morgan fingerprint density at radius 1 is 0.975 bits per heavy atom. The molecule has 4 fully saturated rings. The molecule has 0 aromatic heterocycles. The van der Waals surface area contributed by atoms with Crippen LogP contribution in [0.2, 0.25) is 0 Å². The van der Waals surface area contributed by atoms with Crippen LogP contribution in [0.3, 0.4) is 0 Å². The molecule has 11 heteroatoms. The predicted molar refractivity (Wildman–Crippen MR) is 144 cm³/mol. The SMILES string of the molecule is COC(=O)CC[C@@H](C)[C@H]1CC[C@H]2[C@@H]3[C@H](OC(C)=O)C[C@@H]4C[C@H](OC(C)=O)CC[C@]4(C)[C@H]3C[C@H](OS(=O)(=O)O)[C@]12C. The highest BCUT2D eigenvalue weighted by Crippen LogP contribution is 2.69. The summed E-state index contributed by atoms with van der Waals surface area (Å²) >= 11 is 0. The van der Waals surface area contributed by atoms with Crippen molar-refractivity contribution in [3.05, 3.63) is 0 Å². The summed E-state index contributed by atoms with van der Waals surface area (Å²) in [5.41, 5.74) is -0.822. The lowest BCUT2D eigenvalue weighted by Gasteiger charge is -2.64. The molecule has 0 radical (unpaired) electrons. The van der Waals surface area contributed by atoms with Gasteiger partial charge in [-0.2, -0.15) is 8.42 Å². The van der Waals surface area contributed by atoms with Crippen molar-refractivity contribution in [2.24, 2.45) is 46.3 Å². The molecule has 0 unspecified atom stereocenters. The van der Waals surface area contributed by atoms with Gasteiger partial charge in [0, 0.05) is 31.6 Å². The lowest BCUT2D eigenvalue weighted by molar-refractivity contribution is -0.214. The van der Waals surface area contributed by atoms with Gasteiger partial charge in [-0.05, 0) is 86.4 Å². The Hall–Kier alpha value is -1.72. The van der Waals surface area contributed by atoms with Crippen molar-refractivity contribution < 1.29 is 45.7 Å². The van der Waals surface area contributed by atoms with Crippen LogP contribution in [-0.2, 0) is 43.2 Å². The summed E-state index contributed by atoms with van der Waals surface area (Å²) < 4.78 is 56.3. The number of hydrogen-bond donors (Lipinski definition) is 1. The molecular weight excluding hydrogens is 540 g/mol. The maximum Gasteiger partial charge on any atom is 0.397 e. The van der Waals surface area contributed by atoms with Crippen LogP contribution in [0.4, 0.5) is 0 Å². The van der Waals surface area contributed by atoms with Crippen LogP contribution in [0.5, 0.6) is 0 Å². The van der Waals surface area contributed by atoms with E-state index in [0.29, 0.717) is 32.1 Å². The van der Waals surface area contributed by atoms with Gasteiger partial charge in [0.1, 0.15) is 12.2 Å². The van der Waals surface area contributed by atoms with Crippen molar-refractivity contribution in [3.63, 3.8) is 0 Å². The van der Waals surface area contributed by atoms with Gasteiger partial charge in [0.2, 0.25) is 0 Å². The van der Waals surface area contributed by atoms with Crippen molar-refractivity contribution >= 4 is 28.3 Å². The van der Waals surface area contributed by atoms with Crippen LogP contribution in [0.1, 0.15) is 92.4 Å². The number of rotatable bonds is 8. The maximum atomic E-state index is 12.3. The maximum absolute atomic E-state index is 12.3. The largest absolute Gasteiger partial charge is 0.469 e. The van der Waals surface area contributed by atoms with Crippen molar-refractivity contribution in [2.45, 2.75) is 111 Å². The third-order valence-electron chi connectivity index (χ3n) is 11.4. The van der Waals surface area contributed by atoms with E-state index in [-0.39, 0.29) is 77.5 Å². The molecule has 4 saturated carbocycles. The lowest BCUT2D eigenvalue weighted by Crippen LogP contribution is -2.63. The molecule has 0 aromatic rings. The first-order chi connectivity index (χ1) is 18.6. The Morgan fingerprint density at radius 3 is 2.25 bits per heavy atom. The zero-order valence-corrected chi connectivity index (χ0v) is 25.4. The second kappa shape index (κ2) is 11.5. The average molecular weight is 587 g/mol. The Balaban J connectivity index is 1.72. The van der Waals surface area contributed by atoms with Gasteiger partial charge in [-0.15, -0.1) is 0 Å². The molecule has 228 valence electrons. The van der Waals surface area contributed by atoms with E-state index in [1.54, 1.807) is 0 Å². The van der Waals surface area contributed by atoms with Gasteiger partial charge in [-0.25, -0.2) is 4.18 Å². The van der Waals surface area contributed by atoms with Gasteiger partial charge < -0.3 is 14.2 Å². The average Bonchev–Trinajstić information content (AvgIpc) is 3.20. The molecule has 0 aliphatic heterocycles. The minimum absolute atomic E-state index is 0.000482. The second-order valence-corrected chi connectivity index (χ2v) is 14.3. The summed E-state index contributed by atoms with van der Waals surface area (Å²) in [7, 11) is -3.37. The van der Waals surface area contributed by atoms with Gasteiger partial charge in [0.25, 0.3) is 0 Å². The molecule has 40 heavy (non-hydrogen) atoms. The highest BCUT2D eigenvalue weighted by molar-refractivity contribution is 7.80. The molecule has 4 rings (SSSR count). The van der Waals surface area contributed by atoms with E-state index in [0.717, 1.165) is 19.3 Å². The number of hydrogen-bond acceptors (Lipinski definition) is 9. The molecule has 1 N–H and O–H groups in total. The monoisotopic (exact) mass is 586 g/mol. The molecular formula is C29H46O10S. The number of carbonyl (C=O) groups is 3. The van der Waals surface area contributed by atoms with Gasteiger partial charge in [0.15, 0.2) is 0 Å². The Labute approximate surface area is 238 Å². The molecule has 0 amide bonds. The summed E-state index contributed by atoms with van der Waals surface area (Å²) in [4.78, 5) is 35.9. The molecule has 0 heterocycles. The number of carbonyl (C=O) groups excluding carboxylic acids is 3. The first-order valence-corrected chi connectivity index (χ1v) is 16.0. The fourth-order valence-electron chi connectivity index (χ4n) is 9.68. The molecule has 4 aliphatic carbocycles. The normalized spacial score (nSPS) is 41.6. The van der Waals surface area contributed by atoms with Crippen LogP contribution < -0.4 is 0 Å². The van der Waals surface area contributed by atoms with E-state index in [1.165, 1.54) is 21.0 Å². The molecule has 0 spiro atoms. The standard InChI is InChI=1S/C29H46O10S/c1-16(7-10-26(32)36-6)21-8-9-22-27-23(15-25(29(21,22)5)39-40(33,34)35)28(4)12-11-20(37-17(2)30)13-19(28)14-24(27)38-18(3)31/h16,19-25,27H,7-15H2,1-6H3,(H,33,34,35)/t16-,19+,20-,21-,22+,23+,24-,25+,27+,28+,29-/m1/s1. The van der Waals surface area contributed by atoms with Gasteiger partial charge in [0.05, 0.1) is 13.2 Å². The van der Waals surface area contributed by atoms with Crippen LogP contribution in [-0.4, -0.2) is 56.3 Å². The van der Waals surface area contributed by atoms with Crippen LogP contribution in [0.15, 0.2) is 0 Å². The first-order valence-electron chi connectivity index (χ1n) is 14.7. The molecule has 11 atom stereocenters. The summed E-state index contributed by atoms with van der Waals surface area (Å²) in [6.07, 6.45) is 4.42. The highest BCUT2D eigenvalue weighted by atomic mass is 32.3. The fraction of sp³-hybridized carbons (Fsp3) is 0.897. The topological polar surface area (TPSA) is 142 Å².